The molecule has 3 nitrogen and oxygen atoms in total. The average molecular weight is 266 g/mol. The zero-order chi connectivity index (χ0) is 14.4. The highest BCUT2D eigenvalue weighted by molar-refractivity contribution is 5.66. The first kappa shape index (κ1) is 15.4. The SMILES string of the molecule is C=C(C[C@H](CO)COC(C)=O)c1ccc(C)cc1F. The van der Waals surface area contributed by atoms with Gasteiger partial charge in [0.15, 0.2) is 0 Å². The minimum atomic E-state index is -0.398. The molecule has 0 aliphatic carbocycles. The summed E-state index contributed by atoms with van der Waals surface area (Å²) in [5, 5.41) is 9.22. The zero-order valence-corrected chi connectivity index (χ0v) is 11.3. The van der Waals surface area contributed by atoms with E-state index in [-0.39, 0.29) is 24.9 Å². The fourth-order valence-corrected chi connectivity index (χ4v) is 1.78. The van der Waals surface area contributed by atoms with Crippen LogP contribution in [0.5, 0.6) is 0 Å². The Labute approximate surface area is 112 Å². The van der Waals surface area contributed by atoms with E-state index in [2.05, 4.69) is 6.58 Å². The molecule has 1 rings (SSSR count). The maximum absolute atomic E-state index is 13.8. The summed E-state index contributed by atoms with van der Waals surface area (Å²) >= 11 is 0. The van der Waals surface area contributed by atoms with Gasteiger partial charge in [0, 0.05) is 25.0 Å². The van der Waals surface area contributed by atoms with Crippen LogP contribution in [-0.2, 0) is 9.53 Å². The van der Waals surface area contributed by atoms with Gasteiger partial charge in [-0.1, -0.05) is 18.7 Å². The summed E-state index contributed by atoms with van der Waals surface area (Å²) in [4.78, 5) is 10.7. The van der Waals surface area contributed by atoms with Crippen molar-refractivity contribution in [3.63, 3.8) is 0 Å². The Kier molecular flexibility index (Phi) is 5.70. The molecule has 0 fully saturated rings. The molecule has 0 heterocycles. The molecule has 0 saturated carbocycles. The lowest BCUT2D eigenvalue weighted by Crippen LogP contribution is -2.16. The van der Waals surface area contributed by atoms with Gasteiger partial charge in [0.25, 0.3) is 0 Å². The largest absolute Gasteiger partial charge is 0.465 e. The minimum Gasteiger partial charge on any atom is -0.465 e. The Bertz CT molecular complexity index is 468. The fraction of sp³-hybridized carbons (Fsp3) is 0.400. The molecular weight excluding hydrogens is 247 g/mol. The maximum Gasteiger partial charge on any atom is 0.302 e. The zero-order valence-electron chi connectivity index (χ0n) is 11.3. The van der Waals surface area contributed by atoms with Crippen LogP contribution >= 0.6 is 0 Å². The van der Waals surface area contributed by atoms with Gasteiger partial charge in [0.2, 0.25) is 0 Å². The van der Waals surface area contributed by atoms with Crippen molar-refractivity contribution in [1.82, 2.24) is 0 Å². The van der Waals surface area contributed by atoms with Crippen molar-refractivity contribution in [2.75, 3.05) is 13.2 Å². The van der Waals surface area contributed by atoms with Gasteiger partial charge in [-0.3, -0.25) is 4.79 Å². The van der Waals surface area contributed by atoms with Crippen molar-refractivity contribution in [2.24, 2.45) is 5.92 Å². The smallest absolute Gasteiger partial charge is 0.302 e. The van der Waals surface area contributed by atoms with Crippen LogP contribution in [0.2, 0.25) is 0 Å². The first-order chi connectivity index (χ1) is 8.93. The number of carbonyl (C=O) groups is 1. The Morgan fingerprint density at radius 1 is 1.53 bits per heavy atom. The van der Waals surface area contributed by atoms with Gasteiger partial charge in [0.1, 0.15) is 5.82 Å². The molecule has 0 amide bonds. The van der Waals surface area contributed by atoms with Gasteiger partial charge in [0.05, 0.1) is 6.61 Å². The third-order valence-electron chi connectivity index (χ3n) is 2.82. The van der Waals surface area contributed by atoms with E-state index in [1.807, 2.05) is 13.0 Å². The number of carbonyl (C=O) groups excluding carboxylic acids is 1. The van der Waals surface area contributed by atoms with Crippen molar-refractivity contribution in [2.45, 2.75) is 20.3 Å². The molecule has 1 N–H and O–H groups in total. The molecule has 0 unspecified atom stereocenters. The highest BCUT2D eigenvalue weighted by Gasteiger charge is 2.14. The van der Waals surface area contributed by atoms with Crippen LogP contribution in [0.25, 0.3) is 5.57 Å². The standard InChI is InChI=1S/C15H19FO3/c1-10-4-5-14(15(16)6-10)11(2)7-13(8-17)9-19-12(3)18/h4-6,13,17H,2,7-9H2,1,3H3/t13-/m1/s1. The number of aliphatic hydroxyl groups excluding tert-OH is 1. The van der Waals surface area contributed by atoms with Crippen LogP contribution in [0.15, 0.2) is 24.8 Å². The van der Waals surface area contributed by atoms with Crippen molar-refractivity contribution in [1.29, 1.82) is 0 Å². The van der Waals surface area contributed by atoms with E-state index < -0.39 is 5.97 Å². The van der Waals surface area contributed by atoms with E-state index in [4.69, 9.17) is 4.74 Å². The van der Waals surface area contributed by atoms with Crippen LogP contribution in [0.4, 0.5) is 4.39 Å². The van der Waals surface area contributed by atoms with Crippen LogP contribution < -0.4 is 0 Å². The van der Waals surface area contributed by atoms with E-state index in [1.54, 1.807) is 6.07 Å². The number of aliphatic hydroxyl groups is 1. The Morgan fingerprint density at radius 3 is 2.74 bits per heavy atom. The van der Waals surface area contributed by atoms with Gasteiger partial charge in [-0.2, -0.15) is 0 Å². The van der Waals surface area contributed by atoms with Crippen LogP contribution in [-0.4, -0.2) is 24.3 Å². The molecule has 0 spiro atoms. The first-order valence-corrected chi connectivity index (χ1v) is 6.12. The van der Waals surface area contributed by atoms with E-state index in [9.17, 15) is 14.3 Å². The number of benzene rings is 1. The summed E-state index contributed by atoms with van der Waals surface area (Å²) in [6.45, 7) is 6.93. The molecule has 19 heavy (non-hydrogen) atoms. The Balaban J connectivity index is 2.69. The lowest BCUT2D eigenvalue weighted by atomic mass is 9.95. The molecule has 1 atom stereocenters. The first-order valence-electron chi connectivity index (χ1n) is 6.12. The Morgan fingerprint density at radius 2 is 2.21 bits per heavy atom. The second kappa shape index (κ2) is 7.04. The normalized spacial score (nSPS) is 12.0. The van der Waals surface area contributed by atoms with E-state index in [1.165, 1.54) is 13.0 Å². The number of rotatable bonds is 6. The summed E-state index contributed by atoms with van der Waals surface area (Å²) < 4.78 is 18.6. The number of ether oxygens (including phenoxy) is 1. The molecule has 104 valence electrons. The van der Waals surface area contributed by atoms with Crippen LogP contribution in [0, 0.1) is 18.7 Å². The van der Waals surface area contributed by atoms with Crippen molar-refractivity contribution >= 4 is 11.5 Å². The van der Waals surface area contributed by atoms with Gasteiger partial charge in [-0.15, -0.1) is 0 Å². The number of aryl methyl sites for hydroxylation is 1. The third-order valence-corrected chi connectivity index (χ3v) is 2.82. The van der Waals surface area contributed by atoms with E-state index in [0.29, 0.717) is 17.6 Å². The molecule has 0 radical (unpaired) electrons. The lowest BCUT2D eigenvalue weighted by molar-refractivity contribution is -0.142. The quantitative estimate of drug-likeness (QED) is 0.805. The number of hydrogen-bond acceptors (Lipinski definition) is 3. The van der Waals surface area contributed by atoms with Crippen LogP contribution in [0.1, 0.15) is 24.5 Å². The molecular formula is C15H19FO3. The predicted molar refractivity (Wildman–Crippen MR) is 72.0 cm³/mol. The van der Waals surface area contributed by atoms with Crippen LogP contribution in [0.3, 0.4) is 0 Å². The second-order valence-electron chi connectivity index (χ2n) is 4.64. The van der Waals surface area contributed by atoms with E-state index >= 15 is 0 Å². The predicted octanol–water partition coefficient (Wildman–Crippen LogP) is 2.71. The topological polar surface area (TPSA) is 46.5 Å². The van der Waals surface area contributed by atoms with Crippen molar-refractivity contribution < 1.29 is 19.0 Å². The second-order valence-corrected chi connectivity index (χ2v) is 4.64. The average Bonchev–Trinajstić information content (AvgIpc) is 2.33. The monoisotopic (exact) mass is 266 g/mol. The molecule has 0 aliphatic rings. The lowest BCUT2D eigenvalue weighted by Gasteiger charge is -2.16. The molecule has 0 bridgehead atoms. The minimum absolute atomic E-state index is 0.109. The van der Waals surface area contributed by atoms with Crippen molar-refractivity contribution in [3.8, 4) is 0 Å². The highest BCUT2D eigenvalue weighted by Crippen LogP contribution is 2.24. The third kappa shape index (κ3) is 4.83. The van der Waals surface area contributed by atoms with Gasteiger partial charge in [-0.25, -0.2) is 4.39 Å². The number of hydrogen-bond donors (Lipinski definition) is 1. The van der Waals surface area contributed by atoms with Gasteiger partial charge >= 0.3 is 5.97 Å². The summed E-state index contributed by atoms with van der Waals surface area (Å²) in [6, 6.07) is 4.93. The summed E-state index contributed by atoms with van der Waals surface area (Å²) in [5.74, 6) is -0.989. The molecule has 1 aromatic carbocycles. The molecule has 0 saturated heterocycles. The summed E-state index contributed by atoms with van der Waals surface area (Å²) in [5.41, 5.74) is 1.86. The fourth-order valence-electron chi connectivity index (χ4n) is 1.78. The van der Waals surface area contributed by atoms with Gasteiger partial charge in [-0.05, 0) is 30.5 Å². The number of halogens is 1. The van der Waals surface area contributed by atoms with Gasteiger partial charge < -0.3 is 9.84 Å². The number of allylic oxidation sites excluding steroid dienone is 1. The maximum atomic E-state index is 13.8. The summed E-state index contributed by atoms with van der Waals surface area (Å²) in [7, 11) is 0. The van der Waals surface area contributed by atoms with E-state index in [0.717, 1.165) is 5.56 Å². The molecule has 1 aromatic rings. The number of esters is 1. The molecule has 0 aromatic heterocycles. The molecule has 0 aliphatic heterocycles. The highest BCUT2D eigenvalue weighted by atomic mass is 19.1. The summed E-state index contributed by atoms with van der Waals surface area (Å²) in [6.07, 6.45) is 0.379. The Hall–Kier alpha value is -1.68. The van der Waals surface area contributed by atoms with Crippen molar-refractivity contribution in [3.05, 3.63) is 41.7 Å². The molecule has 4 heteroatoms.